The van der Waals surface area contributed by atoms with E-state index < -0.39 is 41.8 Å². The lowest BCUT2D eigenvalue weighted by Crippen LogP contribution is -2.65. The lowest BCUT2D eigenvalue weighted by Gasteiger charge is -2.64. The summed E-state index contributed by atoms with van der Waals surface area (Å²) in [6, 6.07) is -0.919. The number of aliphatic carboxylic acids is 1. The lowest BCUT2D eigenvalue weighted by molar-refractivity contribution is -0.234. The van der Waals surface area contributed by atoms with Crippen LogP contribution in [-0.4, -0.2) is 67.9 Å². The number of aliphatic hydroxyl groups is 4. The third-order valence-electron chi connectivity index (χ3n) is 11.2. The Bertz CT molecular complexity index is 821. The van der Waals surface area contributed by atoms with E-state index in [4.69, 9.17) is 5.11 Å². The first-order chi connectivity index (χ1) is 16.3. The minimum Gasteiger partial charge on any atom is -0.480 e. The van der Waals surface area contributed by atoms with E-state index in [1.54, 1.807) is 0 Å². The molecule has 13 atom stereocenters. The maximum absolute atomic E-state index is 12.3. The van der Waals surface area contributed by atoms with Crippen LogP contribution in [0.25, 0.3) is 0 Å². The highest BCUT2D eigenvalue weighted by molar-refractivity contribution is 5.83. The van der Waals surface area contributed by atoms with Crippen LogP contribution < -0.4 is 5.32 Å². The maximum atomic E-state index is 12.3. The number of carboxylic acid groups (broad SMARTS) is 1. The molecule has 8 heteroatoms. The van der Waals surface area contributed by atoms with Crippen molar-refractivity contribution < 1.29 is 35.1 Å². The van der Waals surface area contributed by atoms with Crippen molar-refractivity contribution >= 4 is 11.9 Å². The average Bonchev–Trinajstić information content (AvgIpc) is 3.13. The molecule has 200 valence electrons. The van der Waals surface area contributed by atoms with Crippen LogP contribution in [-0.2, 0) is 9.59 Å². The van der Waals surface area contributed by atoms with Gasteiger partial charge in [-0.25, -0.2) is 0 Å². The Labute approximate surface area is 208 Å². The van der Waals surface area contributed by atoms with Crippen LogP contribution in [0.4, 0.5) is 0 Å². The van der Waals surface area contributed by atoms with Gasteiger partial charge in [-0.2, -0.15) is 0 Å². The molecule has 4 saturated carbocycles. The smallest absolute Gasteiger partial charge is 0.325 e. The maximum Gasteiger partial charge on any atom is 0.325 e. The number of carbonyl (C=O) groups excluding carboxylic acids is 1. The fourth-order valence-corrected chi connectivity index (χ4v) is 9.14. The molecule has 0 aromatic rings. The summed E-state index contributed by atoms with van der Waals surface area (Å²) in [7, 11) is 0. The number of carboxylic acids is 1. The Balaban J connectivity index is 1.50. The molecule has 6 N–H and O–H groups in total. The molecule has 0 saturated heterocycles. The second-order valence-corrected chi connectivity index (χ2v) is 12.7. The average molecular weight is 496 g/mol. The first-order valence-corrected chi connectivity index (χ1v) is 13.6. The van der Waals surface area contributed by atoms with Crippen LogP contribution in [0.2, 0.25) is 0 Å². The van der Waals surface area contributed by atoms with Gasteiger partial charge >= 0.3 is 5.97 Å². The molecule has 4 unspecified atom stereocenters. The molecular formula is C27H45NO7. The monoisotopic (exact) mass is 495 g/mol. The number of aliphatic hydroxyl groups excluding tert-OH is 4. The first-order valence-electron chi connectivity index (χ1n) is 13.6. The van der Waals surface area contributed by atoms with Crippen LogP contribution in [0, 0.1) is 46.3 Å². The molecule has 4 aliphatic carbocycles. The van der Waals surface area contributed by atoms with E-state index in [1.807, 2.05) is 0 Å². The Hall–Kier alpha value is -1.22. The first kappa shape index (κ1) is 26.8. The molecule has 4 fully saturated rings. The molecule has 0 aliphatic heterocycles. The summed E-state index contributed by atoms with van der Waals surface area (Å²) >= 11 is 0. The summed E-state index contributed by atoms with van der Waals surface area (Å²) < 4.78 is 0. The number of fused-ring (bicyclic) bond motifs is 5. The van der Waals surface area contributed by atoms with Crippen LogP contribution >= 0.6 is 0 Å². The summed E-state index contributed by atoms with van der Waals surface area (Å²) in [5.41, 5.74) is -0.803. The second kappa shape index (κ2) is 9.58. The Morgan fingerprint density at radius 1 is 0.914 bits per heavy atom. The van der Waals surface area contributed by atoms with Crippen molar-refractivity contribution in [2.24, 2.45) is 46.3 Å². The number of amides is 1. The normalized spacial score (nSPS) is 48.7. The number of nitrogens with one attached hydrogen (secondary N) is 1. The van der Waals surface area contributed by atoms with Gasteiger partial charge in [0.25, 0.3) is 0 Å². The zero-order chi connectivity index (χ0) is 25.9. The molecule has 0 heterocycles. The Kier molecular flexibility index (Phi) is 7.35. The molecule has 0 spiro atoms. The summed E-state index contributed by atoms with van der Waals surface area (Å²) in [6.07, 6.45) is 2.49. The minimum atomic E-state index is -1.06. The van der Waals surface area contributed by atoms with Crippen molar-refractivity contribution in [3.8, 4) is 0 Å². The van der Waals surface area contributed by atoms with Crippen molar-refractivity contribution in [2.75, 3.05) is 0 Å². The molecule has 0 aromatic heterocycles. The van der Waals surface area contributed by atoms with Crippen molar-refractivity contribution in [1.29, 1.82) is 0 Å². The van der Waals surface area contributed by atoms with Gasteiger partial charge in [0, 0.05) is 6.42 Å². The third kappa shape index (κ3) is 4.32. The highest BCUT2D eigenvalue weighted by Crippen LogP contribution is 2.68. The molecule has 8 nitrogen and oxygen atoms in total. The topological polar surface area (TPSA) is 147 Å². The SMILES string of the molecule is C[C@H](NC(=O)CC[C@@H](C)[C@H]1CCC2C3C(O)C[C@@H]4C[C@H](O)C[C@@H](O)[C@]4(C)C3C[C@H](O)[C@@]21C)C(=O)O. The van der Waals surface area contributed by atoms with E-state index in [-0.39, 0.29) is 53.3 Å². The zero-order valence-corrected chi connectivity index (χ0v) is 21.6. The van der Waals surface area contributed by atoms with Crippen LogP contribution in [0.15, 0.2) is 0 Å². The summed E-state index contributed by atoms with van der Waals surface area (Å²) in [5, 5.41) is 55.9. The second-order valence-electron chi connectivity index (χ2n) is 12.7. The summed E-state index contributed by atoms with van der Waals surface area (Å²) in [5.74, 6) is -0.780. The van der Waals surface area contributed by atoms with Gasteiger partial charge in [-0.1, -0.05) is 20.8 Å². The van der Waals surface area contributed by atoms with Gasteiger partial charge in [-0.3, -0.25) is 9.59 Å². The molecule has 0 aromatic carbocycles. The highest BCUT2D eigenvalue weighted by atomic mass is 16.4. The largest absolute Gasteiger partial charge is 0.480 e. The predicted octanol–water partition coefficient (Wildman–Crippen LogP) is 1.92. The van der Waals surface area contributed by atoms with E-state index in [9.17, 15) is 30.0 Å². The van der Waals surface area contributed by atoms with E-state index in [0.29, 0.717) is 32.1 Å². The summed E-state index contributed by atoms with van der Waals surface area (Å²) in [6.45, 7) is 7.83. The lowest BCUT2D eigenvalue weighted by atomic mass is 9.42. The van der Waals surface area contributed by atoms with Gasteiger partial charge in [0.15, 0.2) is 0 Å². The van der Waals surface area contributed by atoms with Gasteiger partial charge in [-0.05, 0) is 98.2 Å². The molecule has 4 aliphatic rings. The quantitative estimate of drug-likeness (QED) is 0.330. The highest BCUT2D eigenvalue weighted by Gasteiger charge is 2.67. The molecule has 1 amide bonds. The molecule has 0 bridgehead atoms. The standard InChI is InChI=1S/C27H45NO7/c1-13(5-8-23(33)28-14(2)25(34)35)17-6-7-18-24-19(12-22(32)27(17,18)4)26(3)15(10-20(24)30)9-16(29)11-21(26)31/h13-22,24,29-32H,5-12H2,1-4H3,(H,28,33)(H,34,35)/t13-,14+,15+,16+,17-,18?,19?,20?,21-,22+,24?,26+,27-/m1/s1. The minimum absolute atomic E-state index is 0.00386. The van der Waals surface area contributed by atoms with Crippen molar-refractivity contribution in [3.05, 3.63) is 0 Å². The number of hydrogen-bond donors (Lipinski definition) is 6. The van der Waals surface area contributed by atoms with Gasteiger partial charge in [0.2, 0.25) is 5.91 Å². The van der Waals surface area contributed by atoms with E-state index >= 15 is 0 Å². The number of rotatable bonds is 6. The molecule has 4 rings (SSSR count). The molecule has 35 heavy (non-hydrogen) atoms. The third-order valence-corrected chi connectivity index (χ3v) is 11.2. The van der Waals surface area contributed by atoms with E-state index in [0.717, 1.165) is 12.8 Å². The van der Waals surface area contributed by atoms with Crippen molar-refractivity contribution in [1.82, 2.24) is 5.32 Å². The van der Waals surface area contributed by atoms with Crippen LogP contribution in [0.1, 0.15) is 79.1 Å². The molecule has 0 radical (unpaired) electrons. The van der Waals surface area contributed by atoms with E-state index in [1.165, 1.54) is 6.92 Å². The number of carbonyl (C=O) groups is 2. The van der Waals surface area contributed by atoms with Gasteiger partial charge < -0.3 is 30.8 Å². The van der Waals surface area contributed by atoms with E-state index in [2.05, 4.69) is 26.1 Å². The van der Waals surface area contributed by atoms with Gasteiger partial charge in [0.05, 0.1) is 24.4 Å². The Morgan fingerprint density at radius 2 is 1.57 bits per heavy atom. The fourth-order valence-electron chi connectivity index (χ4n) is 9.14. The van der Waals surface area contributed by atoms with Gasteiger partial charge in [0.1, 0.15) is 6.04 Å². The van der Waals surface area contributed by atoms with Crippen molar-refractivity contribution in [3.63, 3.8) is 0 Å². The molecular weight excluding hydrogens is 450 g/mol. The van der Waals surface area contributed by atoms with Crippen LogP contribution in [0.5, 0.6) is 0 Å². The summed E-state index contributed by atoms with van der Waals surface area (Å²) in [4.78, 5) is 23.3. The van der Waals surface area contributed by atoms with Crippen LogP contribution in [0.3, 0.4) is 0 Å². The zero-order valence-electron chi connectivity index (χ0n) is 21.6. The van der Waals surface area contributed by atoms with Crippen molar-refractivity contribution in [2.45, 2.75) is 110 Å². The fraction of sp³-hybridized carbons (Fsp3) is 0.926. The van der Waals surface area contributed by atoms with Gasteiger partial charge in [-0.15, -0.1) is 0 Å². The predicted molar refractivity (Wildman–Crippen MR) is 129 cm³/mol. The Morgan fingerprint density at radius 3 is 2.23 bits per heavy atom. The number of hydrogen-bond acceptors (Lipinski definition) is 6.